The second kappa shape index (κ2) is 7.73. The predicted molar refractivity (Wildman–Crippen MR) is 93.1 cm³/mol. The van der Waals surface area contributed by atoms with Crippen LogP contribution in [0.15, 0.2) is 0 Å². The van der Waals surface area contributed by atoms with Gasteiger partial charge in [-0.15, -0.1) is 11.3 Å². The first-order valence-corrected chi connectivity index (χ1v) is 9.63. The first kappa shape index (κ1) is 17.0. The van der Waals surface area contributed by atoms with E-state index in [1.165, 1.54) is 68.5 Å². The number of aromatic nitrogens is 1. The molecule has 0 fully saturated rings. The fraction of sp³-hybridized carbons (Fsp3) is 0.833. The van der Waals surface area contributed by atoms with Crippen LogP contribution < -0.4 is 5.32 Å². The van der Waals surface area contributed by atoms with Crippen molar-refractivity contribution in [2.24, 2.45) is 0 Å². The third kappa shape index (κ3) is 4.53. The third-order valence-electron chi connectivity index (χ3n) is 4.46. The molecule has 21 heavy (non-hydrogen) atoms. The molecule has 3 heteroatoms. The lowest BCUT2D eigenvalue weighted by atomic mass is 9.93. The van der Waals surface area contributed by atoms with Crippen molar-refractivity contribution in [3.05, 3.63) is 15.6 Å². The van der Waals surface area contributed by atoms with Crippen LogP contribution in [0.3, 0.4) is 0 Å². The molecule has 0 aliphatic heterocycles. The Kier molecular flexibility index (Phi) is 6.24. The molecule has 1 aromatic heterocycles. The van der Waals surface area contributed by atoms with Crippen LogP contribution in [-0.4, -0.2) is 11.0 Å². The Morgan fingerprint density at radius 1 is 1.19 bits per heavy atom. The zero-order valence-electron chi connectivity index (χ0n) is 14.3. The fourth-order valence-electron chi connectivity index (χ4n) is 3.39. The van der Waals surface area contributed by atoms with Crippen LogP contribution in [-0.2, 0) is 18.4 Å². The highest BCUT2D eigenvalue weighted by molar-refractivity contribution is 7.12. The Hall–Kier alpha value is -0.410. The normalized spacial score (nSPS) is 17.2. The maximum Gasteiger partial charge on any atom is 0.113 e. The van der Waals surface area contributed by atoms with Gasteiger partial charge in [-0.2, -0.15) is 0 Å². The van der Waals surface area contributed by atoms with E-state index in [0.717, 1.165) is 0 Å². The van der Waals surface area contributed by atoms with E-state index >= 15 is 0 Å². The van der Waals surface area contributed by atoms with Crippen molar-refractivity contribution in [1.82, 2.24) is 10.3 Å². The van der Waals surface area contributed by atoms with Crippen molar-refractivity contribution >= 4 is 11.3 Å². The highest BCUT2D eigenvalue weighted by Crippen LogP contribution is 2.36. The van der Waals surface area contributed by atoms with Crippen molar-refractivity contribution in [3.63, 3.8) is 0 Å². The first-order valence-electron chi connectivity index (χ1n) is 8.82. The molecule has 0 saturated heterocycles. The standard InChI is InChI=1S/C18H32N2S/c1-5-6-7-8-9-13-18(4,20-14(2)3)17-19-15-11-10-12-16(15)21-17/h14,20H,5-13H2,1-4H3. The van der Waals surface area contributed by atoms with Gasteiger partial charge in [0.05, 0.1) is 11.2 Å². The molecular formula is C18H32N2S. The van der Waals surface area contributed by atoms with E-state index in [9.17, 15) is 0 Å². The second-order valence-electron chi connectivity index (χ2n) is 7.04. The van der Waals surface area contributed by atoms with Crippen LogP contribution in [0.25, 0.3) is 0 Å². The van der Waals surface area contributed by atoms with Gasteiger partial charge in [-0.25, -0.2) is 4.98 Å². The van der Waals surface area contributed by atoms with E-state index in [1.807, 2.05) is 11.3 Å². The Balaban J connectivity index is 2.01. The lowest BCUT2D eigenvalue weighted by Crippen LogP contribution is -2.43. The van der Waals surface area contributed by atoms with Gasteiger partial charge in [0.2, 0.25) is 0 Å². The van der Waals surface area contributed by atoms with Crippen molar-refractivity contribution in [2.45, 2.75) is 97.1 Å². The zero-order chi connectivity index (χ0) is 15.3. The quantitative estimate of drug-likeness (QED) is 0.634. The summed E-state index contributed by atoms with van der Waals surface area (Å²) >= 11 is 1.97. The number of nitrogens with one attached hydrogen (secondary N) is 1. The van der Waals surface area contributed by atoms with Crippen molar-refractivity contribution in [2.75, 3.05) is 0 Å². The highest BCUT2D eigenvalue weighted by Gasteiger charge is 2.32. The van der Waals surface area contributed by atoms with Crippen LogP contribution in [0.5, 0.6) is 0 Å². The van der Waals surface area contributed by atoms with Gasteiger partial charge in [0.25, 0.3) is 0 Å². The van der Waals surface area contributed by atoms with Crippen LogP contribution >= 0.6 is 11.3 Å². The molecule has 0 amide bonds. The van der Waals surface area contributed by atoms with Gasteiger partial charge in [-0.05, 0) is 46.5 Å². The fourth-order valence-corrected chi connectivity index (χ4v) is 4.67. The summed E-state index contributed by atoms with van der Waals surface area (Å²) in [6, 6.07) is 0.504. The van der Waals surface area contributed by atoms with E-state index in [1.54, 1.807) is 4.88 Å². The minimum absolute atomic E-state index is 0.0649. The number of aryl methyl sites for hydroxylation is 2. The molecule has 1 aliphatic carbocycles. The number of fused-ring (bicyclic) bond motifs is 1. The summed E-state index contributed by atoms with van der Waals surface area (Å²) in [4.78, 5) is 6.54. The Bertz CT molecular complexity index is 417. The summed E-state index contributed by atoms with van der Waals surface area (Å²) < 4.78 is 0. The maximum atomic E-state index is 4.99. The van der Waals surface area contributed by atoms with Gasteiger partial charge in [-0.1, -0.05) is 39.0 Å². The van der Waals surface area contributed by atoms with E-state index < -0.39 is 0 Å². The Morgan fingerprint density at radius 3 is 2.62 bits per heavy atom. The molecule has 1 aliphatic rings. The SMILES string of the molecule is CCCCCCCC(C)(NC(C)C)c1nc2c(s1)CCC2. The summed E-state index contributed by atoms with van der Waals surface area (Å²) in [5.41, 5.74) is 1.45. The monoisotopic (exact) mass is 308 g/mol. The second-order valence-corrected chi connectivity index (χ2v) is 8.12. The lowest BCUT2D eigenvalue weighted by Gasteiger charge is -2.31. The summed E-state index contributed by atoms with van der Waals surface area (Å²) in [6.45, 7) is 9.13. The summed E-state index contributed by atoms with van der Waals surface area (Å²) in [7, 11) is 0. The predicted octanol–water partition coefficient (Wildman–Crippen LogP) is 5.21. The van der Waals surface area contributed by atoms with E-state index in [4.69, 9.17) is 4.98 Å². The molecule has 0 saturated carbocycles. The minimum atomic E-state index is 0.0649. The average Bonchev–Trinajstić information content (AvgIpc) is 2.98. The summed E-state index contributed by atoms with van der Waals surface area (Å²) in [5.74, 6) is 0. The third-order valence-corrected chi connectivity index (χ3v) is 5.88. The smallest absolute Gasteiger partial charge is 0.113 e. The Morgan fingerprint density at radius 2 is 1.95 bits per heavy atom. The molecule has 1 aromatic rings. The number of hydrogen-bond acceptors (Lipinski definition) is 3. The molecule has 1 atom stereocenters. The molecule has 0 spiro atoms. The molecular weight excluding hydrogens is 276 g/mol. The molecule has 1 unspecified atom stereocenters. The minimum Gasteiger partial charge on any atom is -0.303 e. The Labute approximate surface area is 134 Å². The van der Waals surface area contributed by atoms with Gasteiger partial charge in [0.1, 0.15) is 5.01 Å². The van der Waals surface area contributed by atoms with E-state index in [-0.39, 0.29) is 5.54 Å². The number of thiazole rings is 1. The lowest BCUT2D eigenvalue weighted by molar-refractivity contribution is 0.298. The number of hydrogen-bond donors (Lipinski definition) is 1. The van der Waals surface area contributed by atoms with E-state index in [0.29, 0.717) is 6.04 Å². The van der Waals surface area contributed by atoms with Gasteiger partial charge < -0.3 is 5.32 Å². The van der Waals surface area contributed by atoms with Crippen molar-refractivity contribution in [1.29, 1.82) is 0 Å². The van der Waals surface area contributed by atoms with Gasteiger partial charge >= 0.3 is 0 Å². The molecule has 2 rings (SSSR count). The van der Waals surface area contributed by atoms with Crippen LogP contribution in [0.1, 0.15) is 88.2 Å². The largest absolute Gasteiger partial charge is 0.303 e. The molecule has 0 radical (unpaired) electrons. The summed E-state index contributed by atoms with van der Waals surface area (Å²) in [5, 5.41) is 5.13. The zero-order valence-corrected chi connectivity index (χ0v) is 15.1. The molecule has 120 valence electrons. The van der Waals surface area contributed by atoms with Gasteiger partial charge in [0.15, 0.2) is 0 Å². The maximum absolute atomic E-state index is 4.99. The summed E-state index contributed by atoms with van der Waals surface area (Å²) in [6.07, 6.45) is 11.7. The van der Waals surface area contributed by atoms with Crippen molar-refractivity contribution < 1.29 is 0 Å². The molecule has 1 heterocycles. The average molecular weight is 309 g/mol. The highest BCUT2D eigenvalue weighted by atomic mass is 32.1. The molecule has 0 bridgehead atoms. The molecule has 2 nitrogen and oxygen atoms in total. The number of nitrogens with zero attached hydrogens (tertiary/aromatic N) is 1. The van der Waals surface area contributed by atoms with Crippen LogP contribution in [0, 0.1) is 0 Å². The molecule has 1 N–H and O–H groups in total. The topological polar surface area (TPSA) is 24.9 Å². The first-order chi connectivity index (χ1) is 10.0. The van der Waals surface area contributed by atoms with Crippen molar-refractivity contribution in [3.8, 4) is 0 Å². The van der Waals surface area contributed by atoms with Crippen LogP contribution in [0.4, 0.5) is 0 Å². The van der Waals surface area contributed by atoms with Gasteiger partial charge in [-0.3, -0.25) is 0 Å². The number of unbranched alkanes of at least 4 members (excludes halogenated alkanes) is 4. The van der Waals surface area contributed by atoms with E-state index in [2.05, 4.69) is 33.0 Å². The van der Waals surface area contributed by atoms with Gasteiger partial charge in [0, 0.05) is 10.9 Å². The molecule has 0 aromatic carbocycles. The van der Waals surface area contributed by atoms with Crippen LogP contribution in [0.2, 0.25) is 0 Å². The number of rotatable bonds is 9.